The lowest BCUT2D eigenvalue weighted by molar-refractivity contribution is -0.111. The number of fused-ring (bicyclic) bond motifs is 1. The largest absolute Gasteiger partial charge is 0.494 e. The standard InChI is InChI=1S/C28H26ClNO4/c1-4-32-20-12-10-19(11-13-20)23-17-34-27-16-26(33-5-2)21(15-22(23)27)18(3)14-28(31)30-25-9-7-6-8-24(25)29/h6-17H,4-5H2,1-3H3,(H,30,31)/b18-14+. The maximum absolute atomic E-state index is 12.7. The van der Waals surface area contributed by atoms with Gasteiger partial charge in [-0.15, -0.1) is 0 Å². The molecule has 0 unspecified atom stereocenters. The van der Waals surface area contributed by atoms with Crippen LogP contribution in [0.5, 0.6) is 11.5 Å². The summed E-state index contributed by atoms with van der Waals surface area (Å²) < 4.78 is 17.3. The number of ether oxygens (including phenoxy) is 2. The third-order valence-corrected chi connectivity index (χ3v) is 5.69. The Hall–Kier alpha value is -3.70. The van der Waals surface area contributed by atoms with Crippen LogP contribution in [0, 0.1) is 0 Å². The van der Waals surface area contributed by atoms with E-state index in [1.807, 2.05) is 69.3 Å². The van der Waals surface area contributed by atoms with Crippen molar-refractivity contribution in [3.63, 3.8) is 0 Å². The predicted molar refractivity (Wildman–Crippen MR) is 138 cm³/mol. The van der Waals surface area contributed by atoms with Crippen molar-refractivity contribution in [1.82, 2.24) is 0 Å². The number of halogens is 1. The molecule has 174 valence electrons. The molecular weight excluding hydrogens is 450 g/mol. The Bertz CT molecular complexity index is 1340. The van der Waals surface area contributed by atoms with Crippen molar-refractivity contribution in [3.8, 4) is 22.6 Å². The summed E-state index contributed by atoms with van der Waals surface area (Å²) in [5.74, 6) is 1.20. The molecule has 0 bridgehead atoms. The van der Waals surface area contributed by atoms with Crippen LogP contribution in [-0.4, -0.2) is 19.1 Å². The second-order valence-electron chi connectivity index (χ2n) is 7.68. The van der Waals surface area contributed by atoms with Gasteiger partial charge in [-0.2, -0.15) is 0 Å². The average molecular weight is 476 g/mol. The minimum Gasteiger partial charge on any atom is -0.494 e. The summed E-state index contributed by atoms with van der Waals surface area (Å²) in [6.45, 7) is 6.87. The van der Waals surface area contributed by atoms with Crippen LogP contribution in [0.25, 0.3) is 27.7 Å². The van der Waals surface area contributed by atoms with E-state index < -0.39 is 0 Å². The molecule has 1 aromatic heterocycles. The lowest BCUT2D eigenvalue weighted by atomic mass is 9.99. The van der Waals surface area contributed by atoms with Gasteiger partial charge in [0, 0.05) is 28.7 Å². The molecule has 0 aliphatic rings. The number of amides is 1. The Morgan fingerprint density at radius 2 is 1.76 bits per heavy atom. The molecule has 6 heteroatoms. The molecule has 0 saturated carbocycles. The molecule has 34 heavy (non-hydrogen) atoms. The predicted octanol–water partition coefficient (Wildman–Crippen LogP) is 7.59. The van der Waals surface area contributed by atoms with Gasteiger partial charge in [0.1, 0.15) is 17.1 Å². The van der Waals surface area contributed by atoms with Gasteiger partial charge in [-0.3, -0.25) is 4.79 Å². The highest BCUT2D eigenvalue weighted by Gasteiger charge is 2.16. The van der Waals surface area contributed by atoms with Gasteiger partial charge in [0.15, 0.2) is 0 Å². The van der Waals surface area contributed by atoms with Crippen LogP contribution in [0.2, 0.25) is 5.02 Å². The number of rotatable bonds is 8. The van der Waals surface area contributed by atoms with E-state index in [1.165, 1.54) is 0 Å². The van der Waals surface area contributed by atoms with E-state index in [2.05, 4.69) is 5.32 Å². The van der Waals surface area contributed by atoms with Gasteiger partial charge in [-0.05, 0) is 62.2 Å². The molecule has 1 amide bonds. The molecule has 0 saturated heterocycles. The summed E-state index contributed by atoms with van der Waals surface area (Å²) in [5.41, 5.74) is 4.81. The quantitative estimate of drug-likeness (QED) is 0.266. The van der Waals surface area contributed by atoms with Crippen LogP contribution in [0.3, 0.4) is 0 Å². The van der Waals surface area contributed by atoms with E-state index in [-0.39, 0.29) is 5.91 Å². The number of hydrogen-bond acceptors (Lipinski definition) is 4. The summed E-state index contributed by atoms with van der Waals surface area (Å²) >= 11 is 6.17. The van der Waals surface area contributed by atoms with E-state index in [1.54, 1.807) is 24.5 Å². The summed E-state index contributed by atoms with van der Waals surface area (Å²) in [6.07, 6.45) is 3.28. The molecule has 3 aromatic carbocycles. The van der Waals surface area contributed by atoms with Gasteiger partial charge < -0.3 is 19.2 Å². The van der Waals surface area contributed by atoms with E-state index >= 15 is 0 Å². The van der Waals surface area contributed by atoms with E-state index in [0.29, 0.717) is 35.3 Å². The highest BCUT2D eigenvalue weighted by Crippen LogP contribution is 2.38. The van der Waals surface area contributed by atoms with Gasteiger partial charge >= 0.3 is 0 Å². The van der Waals surface area contributed by atoms with Gasteiger partial charge in [0.25, 0.3) is 0 Å². The molecule has 0 fully saturated rings. The van der Waals surface area contributed by atoms with Crippen molar-refractivity contribution in [2.75, 3.05) is 18.5 Å². The first-order valence-electron chi connectivity index (χ1n) is 11.2. The average Bonchev–Trinajstić information content (AvgIpc) is 3.24. The third-order valence-electron chi connectivity index (χ3n) is 5.36. The second-order valence-corrected chi connectivity index (χ2v) is 8.09. The first kappa shape index (κ1) is 23.5. The summed E-state index contributed by atoms with van der Waals surface area (Å²) in [5, 5.41) is 4.24. The van der Waals surface area contributed by atoms with Crippen LogP contribution in [-0.2, 0) is 4.79 Å². The molecule has 4 aromatic rings. The van der Waals surface area contributed by atoms with Crippen LogP contribution in [0.4, 0.5) is 5.69 Å². The number of furan rings is 1. The van der Waals surface area contributed by atoms with Crippen LogP contribution < -0.4 is 14.8 Å². The monoisotopic (exact) mass is 475 g/mol. The number of carbonyl (C=O) groups is 1. The number of nitrogens with one attached hydrogen (secondary N) is 1. The lowest BCUT2D eigenvalue weighted by Gasteiger charge is -2.12. The summed E-state index contributed by atoms with van der Waals surface area (Å²) in [6, 6.07) is 18.9. The fourth-order valence-electron chi connectivity index (χ4n) is 3.76. The zero-order valence-electron chi connectivity index (χ0n) is 19.4. The lowest BCUT2D eigenvalue weighted by Crippen LogP contribution is -2.09. The molecular formula is C28H26ClNO4. The van der Waals surface area contributed by atoms with E-state index in [0.717, 1.165) is 33.4 Å². The number of anilines is 1. The molecule has 0 aliphatic heterocycles. The van der Waals surface area contributed by atoms with Gasteiger partial charge in [-0.1, -0.05) is 35.9 Å². The second kappa shape index (κ2) is 10.5. The maximum Gasteiger partial charge on any atom is 0.248 e. The van der Waals surface area contributed by atoms with Crippen LogP contribution in [0.1, 0.15) is 26.3 Å². The minimum atomic E-state index is -0.271. The van der Waals surface area contributed by atoms with E-state index in [9.17, 15) is 4.79 Å². The number of benzene rings is 3. The van der Waals surface area contributed by atoms with Crippen molar-refractivity contribution in [2.24, 2.45) is 0 Å². The molecule has 5 nitrogen and oxygen atoms in total. The molecule has 0 spiro atoms. The smallest absolute Gasteiger partial charge is 0.248 e. The number of hydrogen-bond donors (Lipinski definition) is 1. The molecule has 4 rings (SSSR count). The van der Waals surface area contributed by atoms with Crippen molar-refractivity contribution in [1.29, 1.82) is 0 Å². The molecule has 1 heterocycles. The van der Waals surface area contributed by atoms with Crippen LogP contribution >= 0.6 is 11.6 Å². The highest BCUT2D eigenvalue weighted by atomic mass is 35.5. The number of carbonyl (C=O) groups excluding carboxylic acids is 1. The van der Waals surface area contributed by atoms with Gasteiger partial charge in [0.05, 0.1) is 30.2 Å². The van der Waals surface area contributed by atoms with E-state index in [4.69, 9.17) is 25.5 Å². The van der Waals surface area contributed by atoms with Crippen molar-refractivity contribution < 1.29 is 18.7 Å². The summed E-state index contributed by atoms with van der Waals surface area (Å²) in [7, 11) is 0. The normalized spacial score (nSPS) is 11.5. The first-order chi connectivity index (χ1) is 16.5. The molecule has 0 aliphatic carbocycles. The fraction of sp³-hybridized carbons (Fsp3) is 0.179. The Kier molecular flexibility index (Phi) is 7.24. The minimum absolute atomic E-state index is 0.271. The van der Waals surface area contributed by atoms with Crippen molar-refractivity contribution in [2.45, 2.75) is 20.8 Å². The van der Waals surface area contributed by atoms with Crippen LogP contribution in [0.15, 0.2) is 77.4 Å². The zero-order chi connectivity index (χ0) is 24.1. The fourth-order valence-corrected chi connectivity index (χ4v) is 3.95. The Morgan fingerprint density at radius 1 is 1.03 bits per heavy atom. The Labute approximate surface area is 203 Å². The third kappa shape index (κ3) is 5.10. The SMILES string of the molecule is CCOc1ccc(-c2coc3cc(OCC)c(/C(C)=C/C(=O)Nc4ccccc4Cl)cc23)cc1. The van der Waals surface area contributed by atoms with Crippen molar-refractivity contribution >= 4 is 39.7 Å². The highest BCUT2D eigenvalue weighted by molar-refractivity contribution is 6.33. The summed E-state index contributed by atoms with van der Waals surface area (Å²) in [4.78, 5) is 12.7. The topological polar surface area (TPSA) is 60.7 Å². The van der Waals surface area contributed by atoms with Gasteiger partial charge in [0.2, 0.25) is 5.91 Å². The van der Waals surface area contributed by atoms with Gasteiger partial charge in [-0.25, -0.2) is 0 Å². The Morgan fingerprint density at radius 3 is 2.47 bits per heavy atom. The number of para-hydroxylation sites is 1. The maximum atomic E-state index is 12.7. The van der Waals surface area contributed by atoms with Crippen molar-refractivity contribution in [3.05, 3.63) is 83.6 Å². The molecule has 0 radical (unpaired) electrons. The Balaban J connectivity index is 1.71. The first-order valence-corrected chi connectivity index (χ1v) is 11.5. The molecule has 0 atom stereocenters. The number of allylic oxidation sites excluding steroid dienone is 1. The molecule has 1 N–H and O–H groups in total. The zero-order valence-corrected chi connectivity index (χ0v) is 20.1.